The molecule has 0 spiro atoms. The molecule has 2 aromatic rings. The summed E-state index contributed by atoms with van der Waals surface area (Å²) in [6, 6.07) is 11.9. The van der Waals surface area contributed by atoms with Crippen LogP contribution in [0.4, 0.5) is 24.7 Å². The van der Waals surface area contributed by atoms with Gasteiger partial charge in [0.05, 0.1) is 0 Å². The molecule has 2 aliphatic heterocycles. The Morgan fingerprint density at radius 2 is 1.74 bits per heavy atom. The highest BCUT2D eigenvalue weighted by atomic mass is 19.4. The van der Waals surface area contributed by atoms with E-state index in [0.29, 0.717) is 38.3 Å². The van der Waals surface area contributed by atoms with Gasteiger partial charge in [0.15, 0.2) is 0 Å². The number of hydrogen-bond acceptors (Lipinski definition) is 3. The molecular formula is C20H20F3N3O. The lowest BCUT2D eigenvalue weighted by molar-refractivity contribution is -0.141. The standard InChI is InChI=1S/C20H20F3N3O/c21-20(22,23)17-6-3-7-18(24-17)25-11-8-15(9-12-25)19(27)26-13-10-14-4-1-2-5-16(14)26/h1-7,15H,8-13H2. The molecule has 1 fully saturated rings. The first-order valence-corrected chi connectivity index (χ1v) is 9.12. The van der Waals surface area contributed by atoms with Crippen LogP contribution in [0.25, 0.3) is 0 Å². The van der Waals surface area contributed by atoms with E-state index in [9.17, 15) is 18.0 Å². The van der Waals surface area contributed by atoms with Crippen LogP contribution >= 0.6 is 0 Å². The zero-order valence-corrected chi connectivity index (χ0v) is 14.7. The monoisotopic (exact) mass is 375 g/mol. The van der Waals surface area contributed by atoms with Crippen molar-refractivity contribution >= 4 is 17.4 Å². The predicted molar refractivity (Wildman–Crippen MR) is 96.7 cm³/mol. The number of rotatable bonds is 2. The summed E-state index contributed by atoms with van der Waals surface area (Å²) in [5.74, 6) is 0.344. The Hall–Kier alpha value is -2.57. The molecule has 1 aromatic heterocycles. The van der Waals surface area contributed by atoms with Gasteiger partial charge in [0, 0.05) is 31.2 Å². The SMILES string of the molecule is O=C(C1CCN(c2cccc(C(F)(F)F)n2)CC1)N1CCc2ccccc21. The van der Waals surface area contributed by atoms with Gasteiger partial charge in [-0.05, 0) is 43.0 Å². The Bertz CT molecular complexity index is 844. The van der Waals surface area contributed by atoms with Gasteiger partial charge in [0.25, 0.3) is 0 Å². The number of carbonyl (C=O) groups excluding carboxylic acids is 1. The molecule has 3 heterocycles. The molecule has 4 nitrogen and oxygen atoms in total. The van der Waals surface area contributed by atoms with Crippen molar-refractivity contribution in [1.82, 2.24) is 4.98 Å². The van der Waals surface area contributed by atoms with E-state index in [0.717, 1.165) is 18.2 Å². The summed E-state index contributed by atoms with van der Waals surface area (Å²) >= 11 is 0. The van der Waals surface area contributed by atoms with Crippen LogP contribution in [-0.4, -0.2) is 30.5 Å². The van der Waals surface area contributed by atoms with Crippen molar-refractivity contribution in [3.8, 4) is 0 Å². The Morgan fingerprint density at radius 1 is 1.00 bits per heavy atom. The number of anilines is 2. The highest BCUT2D eigenvalue weighted by Gasteiger charge is 2.35. The largest absolute Gasteiger partial charge is 0.433 e. The first kappa shape index (κ1) is 17.8. The van der Waals surface area contributed by atoms with Crippen LogP contribution < -0.4 is 9.80 Å². The number of alkyl halides is 3. The molecule has 0 saturated carbocycles. The van der Waals surface area contributed by atoms with E-state index in [1.807, 2.05) is 34.1 Å². The number of benzene rings is 1. The van der Waals surface area contributed by atoms with Crippen molar-refractivity contribution in [2.24, 2.45) is 5.92 Å². The van der Waals surface area contributed by atoms with Crippen LogP contribution in [0, 0.1) is 5.92 Å². The molecule has 4 rings (SSSR count). The van der Waals surface area contributed by atoms with E-state index in [1.165, 1.54) is 11.6 Å². The zero-order valence-electron chi connectivity index (χ0n) is 14.7. The highest BCUT2D eigenvalue weighted by molar-refractivity contribution is 5.97. The lowest BCUT2D eigenvalue weighted by Gasteiger charge is -2.34. The summed E-state index contributed by atoms with van der Waals surface area (Å²) in [7, 11) is 0. The summed E-state index contributed by atoms with van der Waals surface area (Å²) in [5, 5.41) is 0. The molecule has 0 bridgehead atoms. The first-order valence-electron chi connectivity index (χ1n) is 9.12. The number of hydrogen-bond donors (Lipinski definition) is 0. The number of nitrogens with zero attached hydrogens (tertiary/aromatic N) is 3. The molecule has 1 aromatic carbocycles. The van der Waals surface area contributed by atoms with Crippen molar-refractivity contribution < 1.29 is 18.0 Å². The lowest BCUT2D eigenvalue weighted by atomic mass is 9.95. The van der Waals surface area contributed by atoms with Gasteiger partial charge < -0.3 is 9.80 Å². The second-order valence-electron chi connectivity index (χ2n) is 7.01. The minimum Gasteiger partial charge on any atom is -0.357 e. The average Bonchev–Trinajstić information content (AvgIpc) is 3.11. The number of aromatic nitrogens is 1. The molecule has 142 valence electrons. The van der Waals surface area contributed by atoms with Gasteiger partial charge in [-0.2, -0.15) is 13.2 Å². The first-order chi connectivity index (χ1) is 12.9. The Balaban J connectivity index is 1.42. The van der Waals surface area contributed by atoms with Crippen molar-refractivity contribution in [2.75, 3.05) is 29.4 Å². The number of fused-ring (bicyclic) bond motifs is 1. The molecule has 1 saturated heterocycles. The maximum atomic E-state index is 12.9. The van der Waals surface area contributed by atoms with Crippen LogP contribution in [-0.2, 0) is 17.4 Å². The fourth-order valence-electron chi connectivity index (χ4n) is 3.90. The van der Waals surface area contributed by atoms with E-state index in [1.54, 1.807) is 6.07 Å². The normalized spacial score (nSPS) is 17.9. The third-order valence-electron chi connectivity index (χ3n) is 5.35. The van der Waals surface area contributed by atoms with Crippen molar-refractivity contribution in [2.45, 2.75) is 25.4 Å². The van der Waals surface area contributed by atoms with Gasteiger partial charge in [0.2, 0.25) is 5.91 Å². The average molecular weight is 375 g/mol. The highest BCUT2D eigenvalue weighted by Crippen LogP contribution is 2.33. The van der Waals surface area contributed by atoms with Crippen LogP contribution in [0.5, 0.6) is 0 Å². The fourth-order valence-corrected chi connectivity index (χ4v) is 3.90. The van der Waals surface area contributed by atoms with E-state index in [2.05, 4.69) is 4.98 Å². The maximum absolute atomic E-state index is 12.9. The molecule has 7 heteroatoms. The molecule has 0 unspecified atom stereocenters. The minimum atomic E-state index is -4.45. The summed E-state index contributed by atoms with van der Waals surface area (Å²) in [6.45, 7) is 1.76. The van der Waals surface area contributed by atoms with Gasteiger partial charge in [-0.15, -0.1) is 0 Å². The number of pyridine rings is 1. The lowest BCUT2D eigenvalue weighted by Crippen LogP contribution is -2.42. The second-order valence-corrected chi connectivity index (χ2v) is 7.01. The van der Waals surface area contributed by atoms with Gasteiger partial charge in [-0.25, -0.2) is 4.98 Å². The Morgan fingerprint density at radius 3 is 2.48 bits per heavy atom. The Kier molecular flexibility index (Phi) is 4.53. The molecule has 1 amide bonds. The molecule has 27 heavy (non-hydrogen) atoms. The van der Waals surface area contributed by atoms with E-state index < -0.39 is 11.9 Å². The smallest absolute Gasteiger partial charge is 0.357 e. The number of piperidine rings is 1. The summed E-state index contributed by atoms with van der Waals surface area (Å²) in [5.41, 5.74) is 1.30. The topological polar surface area (TPSA) is 36.4 Å². The zero-order chi connectivity index (χ0) is 19.0. The van der Waals surface area contributed by atoms with E-state index in [4.69, 9.17) is 0 Å². The van der Waals surface area contributed by atoms with Crippen LogP contribution in [0.2, 0.25) is 0 Å². The van der Waals surface area contributed by atoms with Gasteiger partial charge in [0.1, 0.15) is 11.5 Å². The van der Waals surface area contributed by atoms with Crippen LogP contribution in [0.1, 0.15) is 24.1 Å². The number of amides is 1. The third kappa shape index (κ3) is 3.50. The van der Waals surface area contributed by atoms with Crippen molar-refractivity contribution in [3.05, 3.63) is 53.7 Å². The van der Waals surface area contributed by atoms with Crippen molar-refractivity contribution in [1.29, 1.82) is 0 Å². The Labute approximate surface area is 155 Å². The van der Waals surface area contributed by atoms with Crippen LogP contribution in [0.3, 0.4) is 0 Å². The molecule has 0 atom stereocenters. The van der Waals surface area contributed by atoms with Gasteiger partial charge in [-0.3, -0.25) is 4.79 Å². The minimum absolute atomic E-state index is 0.0989. The summed E-state index contributed by atoms with van der Waals surface area (Å²) in [6.07, 6.45) is -2.34. The number of carbonyl (C=O) groups is 1. The van der Waals surface area contributed by atoms with Gasteiger partial charge >= 0.3 is 6.18 Å². The third-order valence-corrected chi connectivity index (χ3v) is 5.35. The quantitative estimate of drug-likeness (QED) is 0.799. The van der Waals surface area contributed by atoms with E-state index >= 15 is 0 Å². The summed E-state index contributed by atoms with van der Waals surface area (Å²) < 4.78 is 38.6. The second kappa shape index (κ2) is 6.87. The fraction of sp³-hybridized carbons (Fsp3) is 0.400. The number of para-hydroxylation sites is 1. The molecule has 0 radical (unpaired) electrons. The predicted octanol–water partition coefficient (Wildman–Crippen LogP) is 3.91. The molecule has 0 aliphatic carbocycles. The summed E-state index contributed by atoms with van der Waals surface area (Å²) in [4.78, 5) is 20.4. The van der Waals surface area contributed by atoms with Crippen LogP contribution in [0.15, 0.2) is 42.5 Å². The molecule has 0 N–H and O–H groups in total. The molecular weight excluding hydrogens is 355 g/mol. The van der Waals surface area contributed by atoms with Gasteiger partial charge in [-0.1, -0.05) is 24.3 Å². The van der Waals surface area contributed by atoms with Crippen molar-refractivity contribution in [3.63, 3.8) is 0 Å². The van der Waals surface area contributed by atoms with E-state index in [-0.39, 0.29) is 11.8 Å². The number of halogens is 3. The maximum Gasteiger partial charge on any atom is 0.433 e. The molecule has 2 aliphatic rings.